The van der Waals surface area contributed by atoms with Gasteiger partial charge in [-0.05, 0) is 30.9 Å². The van der Waals surface area contributed by atoms with Crippen LogP contribution in [0, 0.1) is 5.41 Å². The second kappa shape index (κ2) is 5.52. The molecule has 0 spiro atoms. The van der Waals surface area contributed by atoms with Crippen molar-refractivity contribution in [1.82, 2.24) is 0 Å². The van der Waals surface area contributed by atoms with Crippen molar-refractivity contribution in [3.8, 4) is 0 Å². The van der Waals surface area contributed by atoms with Crippen molar-refractivity contribution in [2.75, 3.05) is 19.1 Å². The second-order valence-electron chi connectivity index (χ2n) is 4.56. The molecule has 1 atom stereocenters. The third-order valence-electron chi connectivity index (χ3n) is 3.21. The van der Waals surface area contributed by atoms with Crippen molar-refractivity contribution in [3.05, 3.63) is 34.3 Å². The molecule has 88 valence electrons. The van der Waals surface area contributed by atoms with Crippen LogP contribution in [0.3, 0.4) is 0 Å². The minimum absolute atomic E-state index is 0.129. The zero-order valence-electron chi connectivity index (χ0n) is 9.22. The Morgan fingerprint density at radius 3 is 2.81 bits per heavy atom. The first-order chi connectivity index (χ1) is 7.76. The second-order valence-corrected chi connectivity index (χ2v) is 5.68. The van der Waals surface area contributed by atoms with Gasteiger partial charge in [-0.25, -0.2) is 0 Å². The van der Waals surface area contributed by atoms with E-state index in [0.717, 1.165) is 32.5 Å². The van der Waals surface area contributed by atoms with E-state index in [1.165, 1.54) is 10.0 Å². The maximum Gasteiger partial charge on any atom is 0.0537 e. The van der Waals surface area contributed by atoms with E-state index < -0.39 is 0 Å². The van der Waals surface area contributed by atoms with Crippen LogP contribution in [0.2, 0.25) is 0 Å². The molecule has 0 saturated carbocycles. The van der Waals surface area contributed by atoms with Crippen molar-refractivity contribution in [2.24, 2.45) is 5.41 Å². The molecule has 1 fully saturated rings. The maximum atomic E-state index is 6.14. The Bertz CT molecular complexity index is 348. The molecule has 1 aromatic carbocycles. The van der Waals surface area contributed by atoms with Crippen LogP contribution in [-0.4, -0.2) is 19.1 Å². The van der Waals surface area contributed by atoms with E-state index in [2.05, 4.69) is 34.1 Å². The van der Waals surface area contributed by atoms with Crippen LogP contribution < -0.4 is 0 Å². The monoisotopic (exact) mass is 302 g/mol. The van der Waals surface area contributed by atoms with Gasteiger partial charge in [-0.3, -0.25) is 0 Å². The average molecular weight is 304 g/mol. The number of alkyl halides is 1. The van der Waals surface area contributed by atoms with Crippen LogP contribution in [0.25, 0.3) is 0 Å². The van der Waals surface area contributed by atoms with Gasteiger partial charge in [0.05, 0.1) is 6.61 Å². The van der Waals surface area contributed by atoms with Gasteiger partial charge >= 0.3 is 0 Å². The lowest BCUT2D eigenvalue weighted by Gasteiger charge is -2.35. The van der Waals surface area contributed by atoms with Crippen LogP contribution in [0.1, 0.15) is 18.4 Å². The van der Waals surface area contributed by atoms with E-state index in [9.17, 15) is 0 Å². The summed E-state index contributed by atoms with van der Waals surface area (Å²) in [7, 11) is 0. The van der Waals surface area contributed by atoms with Gasteiger partial charge in [-0.15, -0.1) is 11.6 Å². The fraction of sp³-hybridized carbons (Fsp3) is 0.538. The molecule has 1 saturated heterocycles. The van der Waals surface area contributed by atoms with Gasteiger partial charge < -0.3 is 4.74 Å². The Morgan fingerprint density at radius 2 is 2.19 bits per heavy atom. The lowest BCUT2D eigenvalue weighted by Crippen LogP contribution is -2.35. The summed E-state index contributed by atoms with van der Waals surface area (Å²) < 4.78 is 6.76. The van der Waals surface area contributed by atoms with Gasteiger partial charge in [0.1, 0.15) is 0 Å². The zero-order valence-corrected chi connectivity index (χ0v) is 11.6. The highest BCUT2D eigenvalue weighted by atomic mass is 79.9. The van der Waals surface area contributed by atoms with E-state index in [4.69, 9.17) is 16.3 Å². The molecule has 1 aromatic rings. The van der Waals surface area contributed by atoms with Crippen LogP contribution in [0.5, 0.6) is 0 Å². The minimum atomic E-state index is 0.129. The first-order valence-corrected chi connectivity index (χ1v) is 6.96. The molecule has 1 nitrogen and oxygen atoms in total. The number of hydrogen-bond donors (Lipinski definition) is 0. The van der Waals surface area contributed by atoms with Crippen molar-refractivity contribution < 1.29 is 4.74 Å². The van der Waals surface area contributed by atoms with E-state index >= 15 is 0 Å². The molecule has 0 N–H and O–H groups in total. The van der Waals surface area contributed by atoms with Gasteiger partial charge in [0.2, 0.25) is 0 Å². The summed E-state index contributed by atoms with van der Waals surface area (Å²) in [4.78, 5) is 0. The van der Waals surface area contributed by atoms with Crippen LogP contribution in [0.15, 0.2) is 28.7 Å². The fourth-order valence-corrected chi connectivity index (χ4v) is 2.98. The molecule has 2 rings (SSSR count). The Labute approximate surface area is 110 Å². The lowest BCUT2D eigenvalue weighted by molar-refractivity contribution is 0.00470. The van der Waals surface area contributed by atoms with Gasteiger partial charge in [0.25, 0.3) is 0 Å². The third kappa shape index (κ3) is 2.79. The molecule has 0 aromatic heterocycles. The van der Waals surface area contributed by atoms with Gasteiger partial charge in [0, 0.05) is 22.4 Å². The smallest absolute Gasteiger partial charge is 0.0537 e. The normalized spacial score (nSPS) is 25.6. The minimum Gasteiger partial charge on any atom is -0.381 e. The van der Waals surface area contributed by atoms with E-state index in [-0.39, 0.29) is 5.41 Å². The van der Waals surface area contributed by atoms with Crippen LogP contribution >= 0.6 is 27.5 Å². The molecular formula is C13H16BrClO. The van der Waals surface area contributed by atoms with Crippen molar-refractivity contribution in [1.29, 1.82) is 0 Å². The molecule has 0 radical (unpaired) electrons. The molecule has 1 aliphatic rings. The van der Waals surface area contributed by atoms with E-state index in [0.29, 0.717) is 5.88 Å². The molecule has 1 unspecified atom stereocenters. The summed E-state index contributed by atoms with van der Waals surface area (Å²) in [6.45, 7) is 1.67. The Kier molecular flexibility index (Phi) is 4.28. The topological polar surface area (TPSA) is 9.23 Å². The SMILES string of the molecule is ClCC1(Cc2ccccc2Br)CCCOC1. The summed E-state index contributed by atoms with van der Waals surface area (Å²) in [5, 5.41) is 0. The highest BCUT2D eigenvalue weighted by Gasteiger charge is 2.32. The fourth-order valence-electron chi connectivity index (χ4n) is 2.25. The zero-order chi connectivity index (χ0) is 11.4. The first kappa shape index (κ1) is 12.4. The maximum absolute atomic E-state index is 6.14. The van der Waals surface area contributed by atoms with E-state index in [1.54, 1.807) is 0 Å². The summed E-state index contributed by atoms with van der Waals surface area (Å²) in [5.74, 6) is 0.675. The molecule has 0 aliphatic carbocycles. The largest absolute Gasteiger partial charge is 0.381 e. The number of benzene rings is 1. The van der Waals surface area contributed by atoms with Crippen molar-refractivity contribution >= 4 is 27.5 Å². The Morgan fingerprint density at radius 1 is 1.38 bits per heavy atom. The highest BCUT2D eigenvalue weighted by Crippen LogP contribution is 2.35. The molecule has 0 amide bonds. The predicted molar refractivity (Wildman–Crippen MR) is 71.1 cm³/mol. The summed E-state index contributed by atoms with van der Waals surface area (Å²) in [6.07, 6.45) is 3.28. The van der Waals surface area contributed by atoms with Gasteiger partial charge in [0.15, 0.2) is 0 Å². The molecule has 1 heterocycles. The Hall–Kier alpha value is -0.0500. The predicted octanol–water partition coefficient (Wildman–Crippen LogP) is 4.03. The lowest BCUT2D eigenvalue weighted by atomic mass is 9.79. The van der Waals surface area contributed by atoms with Crippen molar-refractivity contribution in [3.63, 3.8) is 0 Å². The third-order valence-corrected chi connectivity index (χ3v) is 4.55. The van der Waals surface area contributed by atoms with Crippen molar-refractivity contribution in [2.45, 2.75) is 19.3 Å². The molecule has 1 aliphatic heterocycles. The average Bonchev–Trinajstić information content (AvgIpc) is 2.33. The van der Waals surface area contributed by atoms with Crippen LogP contribution in [0.4, 0.5) is 0 Å². The number of rotatable bonds is 3. The quantitative estimate of drug-likeness (QED) is 0.766. The number of hydrogen-bond acceptors (Lipinski definition) is 1. The summed E-state index contributed by atoms with van der Waals surface area (Å²) in [5.41, 5.74) is 1.46. The standard InChI is InChI=1S/C13H16BrClO/c14-12-5-2-1-4-11(12)8-13(9-15)6-3-7-16-10-13/h1-2,4-5H,3,6-10H2. The molecule has 0 bridgehead atoms. The summed E-state index contributed by atoms with van der Waals surface area (Å²) in [6, 6.07) is 8.36. The van der Waals surface area contributed by atoms with Crippen LogP contribution in [-0.2, 0) is 11.2 Å². The molecular weight excluding hydrogens is 287 g/mol. The van der Waals surface area contributed by atoms with Gasteiger partial charge in [-0.2, -0.15) is 0 Å². The Balaban J connectivity index is 2.15. The highest BCUT2D eigenvalue weighted by molar-refractivity contribution is 9.10. The van der Waals surface area contributed by atoms with Gasteiger partial charge in [-0.1, -0.05) is 34.1 Å². The summed E-state index contributed by atoms with van der Waals surface area (Å²) >= 11 is 9.74. The first-order valence-electron chi connectivity index (χ1n) is 5.63. The number of ether oxygens (including phenoxy) is 1. The molecule has 16 heavy (non-hydrogen) atoms. The van der Waals surface area contributed by atoms with E-state index in [1.807, 2.05) is 6.07 Å². The molecule has 3 heteroatoms. The number of halogens is 2.